The van der Waals surface area contributed by atoms with Crippen LogP contribution in [0, 0.1) is 10.1 Å². The molecule has 4 aromatic rings. The molecule has 0 saturated heterocycles. The fraction of sp³-hybridized carbons (Fsp3) is 0. The Balaban J connectivity index is 1.56. The Morgan fingerprint density at radius 2 is 1.89 bits per heavy atom. The van der Waals surface area contributed by atoms with E-state index < -0.39 is 4.92 Å². The molecule has 0 saturated carbocycles. The number of aromatic nitrogens is 1. The number of rotatable bonds is 5. The Bertz CT molecular complexity index is 1150. The van der Waals surface area contributed by atoms with E-state index in [0.29, 0.717) is 28.0 Å². The molecule has 8 nitrogen and oxygen atoms in total. The van der Waals surface area contributed by atoms with Crippen LogP contribution in [0.15, 0.2) is 77.7 Å². The Hall–Kier alpha value is -4.20. The van der Waals surface area contributed by atoms with Gasteiger partial charge in [-0.15, -0.1) is 0 Å². The number of nitro benzene ring substituents is 1. The van der Waals surface area contributed by atoms with E-state index in [2.05, 4.69) is 10.3 Å². The quantitative estimate of drug-likeness (QED) is 0.397. The monoisotopic (exact) mass is 375 g/mol. The van der Waals surface area contributed by atoms with Crippen LogP contribution in [0.1, 0.15) is 10.6 Å². The molecule has 0 bridgehead atoms. The average Bonchev–Trinajstić information content (AvgIpc) is 3.24. The van der Waals surface area contributed by atoms with E-state index in [1.807, 2.05) is 0 Å². The van der Waals surface area contributed by atoms with Crippen molar-refractivity contribution >= 4 is 28.1 Å². The lowest BCUT2D eigenvalue weighted by atomic mass is 10.1. The molecule has 0 radical (unpaired) electrons. The number of hydrogen-bond acceptors (Lipinski definition) is 6. The van der Waals surface area contributed by atoms with Crippen molar-refractivity contribution in [1.82, 2.24) is 4.98 Å². The summed E-state index contributed by atoms with van der Waals surface area (Å²) in [7, 11) is 0. The van der Waals surface area contributed by atoms with Gasteiger partial charge in [0.15, 0.2) is 5.76 Å². The number of pyridine rings is 1. The largest absolute Gasteiger partial charge is 0.459 e. The Morgan fingerprint density at radius 1 is 1.07 bits per heavy atom. The van der Waals surface area contributed by atoms with Crippen molar-refractivity contribution in [2.75, 3.05) is 5.32 Å². The third-order valence-electron chi connectivity index (χ3n) is 4.04. The van der Waals surface area contributed by atoms with Crippen LogP contribution in [0.25, 0.3) is 10.8 Å². The summed E-state index contributed by atoms with van der Waals surface area (Å²) >= 11 is 0. The van der Waals surface area contributed by atoms with E-state index >= 15 is 0 Å². The maximum absolute atomic E-state index is 12.0. The number of carbonyl (C=O) groups is 1. The van der Waals surface area contributed by atoms with Gasteiger partial charge in [-0.1, -0.05) is 0 Å². The molecule has 1 N–H and O–H groups in total. The number of fused-ring (bicyclic) bond motifs is 1. The summed E-state index contributed by atoms with van der Waals surface area (Å²) < 4.78 is 10.9. The Kier molecular flexibility index (Phi) is 4.43. The van der Waals surface area contributed by atoms with E-state index in [9.17, 15) is 14.9 Å². The summed E-state index contributed by atoms with van der Waals surface area (Å²) in [6.45, 7) is 0. The van der Waals surface area contributed by atoms with Gasteiger partial charge in [-0.25, -0.2) is 0 Å². The van der Waals surface area contributed by atoms with Crippen molar-refractivity contribution in [1.29, 1.82) is 0 Å². The molecule has 0 unspecified atom stereocenters. The minimum absolute atomic E-state index is 0.0357. The van der Waals surface area contributed by atoms with E-state index in [1.165, 1.54) is 18.5 Å². The molecule has 1 amide bonds. The van der Waals surface area contributed by atoms with Crippen molar-refractivity contribution in [3.8, 4) is 11.5 Å². The third-order valence-corrected chi connectivity index (χ3v) is 4.04. The molecule has 4 rings (SSSR count). The first-order valence-corrected chi connectivity index (χ1v) is 8.26. The minimum Gasteiger partial charge on any atom is -0.459 e. The topological polar surface area (TPSA) is 108 Å². The normalized spacial score (nSPS) is 10.6. The van der Waals surface area contributed by atoms with Gasteiger partial charge in [-0.05, 0) is 48.5 Å². The zero-order valence-electron chi connectivity index (χ0n) is 14.4. The number of benzene rings is 2. The molecule has 2 aromatic heterocycles. The third kappa shape index (κ3) is 3.38. The van der Waals surface area contributed by atoms with Crippen molar-refractivity contribution < 1.29 is 18.9 Å². The molecule has 8 heteroatoms. The molecule has 2 heterocycles. The number of nitrogens with zero attached hydrogens (tertiary/aromatic N) is 2. The molecule has 0 aliphatic rings. The number of ether oxygens (including phenoxy) is 1. The number of non-ortho nitro benzene ring substituents is 1. The van der Waals surface area contributed by atoms with Gasteiger partial charge in [0.1, 0.15) is 11.5 Å². The highest BCUT2D eigenvalue weighted by Gasteiger charge is 2.15. The summed E-state index contributed by atoms with van der Waals surface area (Å²) in [5.74, 6) is 0.845. The van der Waals surface area contributed by atoms with E-state index in [-0.39, 0.29) is 17.4 Å². The van der Waals surface area contributed by atoms with Crippen molar-refractivity contribution in [2.24, 2.45) is 0 Å². The van der Waals surface area contributed by atoms with E-state index in [1.54, 1.807) is 54.7 Å². The number of nitrogens with one attached hydrogen (secondary N) is 1. The zero-order valence-corrected chi connectivity index (χ0v) is 14.4. The average molecular weight is 375 g/mol. The molecule has 0 aliphatic heterocycles. The number of anilines is 1. The number of hydrogen-bond donors (Lipinski definition) is 1. The fourth-order valence-electron chi connectivity index (χ4n) is 2.73. The Labute approximate surface area is 158 Å². The summed E-state index contributed by atoms with van der Waals surface area (Å²) in [6.07, 6.45) is 4.41. The summed E-state index contributed by atoms with van der Waals surface area (Å²) in [4.78, 5) is 26.7. The number of carbonyl (C=O) groups excluding carboxylic acids is 1. The van der Waals surface area contributed by atoms with Crippen LogP contribution in [0.4, 0.5) is 11.4 Å². The fourth-order valence-corrected chi connectivity index (χ4v) is 2.73. The highest BCUT2D eigenvalue weighted by atomic mass is 16.6. The molecular formula is C20H13N3O5. The maximum atomic E-state index is 12.0. The second-order valence-corrected chi connectivity index (χ2v) is 5.82. The highest BCUT2D eigenvalue weighted by Crippen LogP contribution is 2.35. The standard InChI is InChI=1S/C20H13N3O5/c24-20(19-2-1-11-27-19)22-13-3-5-14(6-4-13)28-18-8-7-17(23(25)26)16-12-21-10-9-15(16)18/h1-12H,(H,22,24). The second kappa shape index (κ2) is 7.20. The maximum Gasteiger partial charge on any atom is 0.291 e. The molecule has 138 valence electrons. The van der Waals surface area contributed by atoms with Crippen LogP contribution in [0.3, 0.4) is 0 Å². The molecule has 0 atom stereocenters. The van der Waals surface area contributed by atoms with E-state index in [0.717, 1.165) is 0 Å². The van der Waals surface area contributed by atoms with Gasteiger partial charge in [-0.2, -0.15) is 0 Å². The van der Waals surface area contributed by atoms with Crippen LogP contribution >= 0.6 is 0 Å². The SMILES string of the molecule is O=C(Nc1ccc(Oc2ccc([N+](=O)[O-])c3cnccc23)cc1)c1ccco1. The van der Waals surface area contributed by atoms with Gasteiger partial charge >= 0.3 is 0 Å². The van der Waals surface area contributed by atoms with Gasteiger partial charge in [0.25, 0.3) is 11.6 Å². The van der Waals surface area contributed by atoms with Crippen molar-refractivity contribution in [3.05, 3.63) is 89.1 Å². The van der Waals surface area contributed by atoms with Crippen LogP contribution in [-0.2, 0) is 0 Å². The molecule has 28 heavy (non-hydrogen) atoms. The van der Waals surface area contributed by atoms with Gasteiger partial charge in [0.2, 0.25) is 0 Å². The van der Waals surface area contributed by atoms with E-state index in [4.69, 9.17) is 9.15 Å². The van der Waals surface area contributed by atoms with Crippen LogP contribution < -0.4 is 10.1 Å². The van der Waals surface area contributed by atoms with Crippen molar-refractivity contribution in [3.63, 3.8) is 0 Å². The number of amides is 1. The smallest absolute Gasteiger partial charge is 0.291 e. The molecule has 0 spiro atoms. The Morgan fingerprint density at radius 3 is 2.61 bits per heavy atom. The lowest BCUT2D eigenvalue weighted by Crippen LogP contribution is -2.10. The second-order valence-electron chi connectivity index (χ2n) is 5.82. The first-order valence-electron chi connectivity index (χ1n) is 8.26. The molecule has 2 aromatic carbocycles. The van der Waals surface area contributed by atoms with Crippen LogP contribution in [-0.4, -0.2) is 15.8 Å². The van der Waals surface area contributed by atoms with Crippen LogP contribution in [0.2, 0.25) is 0 Å². The molecule has 0 fully saturated rings. The predicted molar refractivity (Wildman–Crippen MR) is 102 cm³/mol. The number of nitro groups is 1. The van der Waals surface area contributed by atoms with Gasteiger partial charge < -0.3 is 14.5 Å². The lowest BCUT2D eigenvalue weighted by Gasteiger charge is -2.10. The summed E-state index contributed by atoms with van der Waals surface area (Å²) in [5, 5.41) is 14.9. The predicted octanol–water partition coefficient (Wildman–Crippen LogP) is 4.78. The van der Waals surface area contributed by atoms with Crippen LogP contribution in [0.5, 0.6) is 11.5 Å². The highest BCUT2D eigenvalue weighted by molar-refractivity contribution is 6.02. The lowest BCUT2D eigenvalue weighted by molar-refractivity contribution is -0.383. The first-order chi connectivity index (χ1) is 13.6. The van der Waals surface area contributed by atoms with Gasteiger partial charge in [0, 0.05) is 29.5 Å². The van der Waals surface area contributed by atoms with Gasteiger partial charge in [0.05, 0.1) is 16.6 Å². The molecular weight excluding hydrogens is 362 g/mol. The minimum atomic E-state index is -0.454. The molecule has 0 aliphatic carbocycles. The zero-order chi connectivity index (χ0) is 19.5. The van der Waals surface area contributed by atoms with Crippen molar-refractivity contribution in [2.45, 2.75) is 0 Å². The number of furan rings is 1. The van der Waals surface area contributed by atoms with Gasteiger partial charge in [-0.3, -0.25) is 19.9 Å². The summed E-state index contributed by atoms with van der Waals surface area (Å²) in [5.41, 5.74) is 0.540. The first kappa shape index (κ1) is 17.2. The summed E-state index contributed by atoms with van der Waals surface area (Å²) in [6, 6.07) is 14.5.